The average Bonchev–Trinajstić information content (AvgIpc) is 3.19. The van der Waals surface area contributed by atoms with Crippen molar-refractivity contribution in [1.29, 1.82) is 0 Å². The number of hydrogen-bond donors (Lipinski definition) is 2. The molecule has 9 heteroatoms. The molecule has 166 valence electrons. The van der Waals surface area contributed by atoms with Crippen molar-refractivity contribution in [3.05, 3.63) is 40.9 Å². The molecular formula is C22H32N8O. The van der Waals surface area contributed by atoms with Crippen LogP contribution in [-0.2, 0) is 13.1 Å². The summed E-state index contributed by atoms with van der Waals surface area (Å²) in [6, 6.07) is 4.37. The standard InChI is InChI=1S/C22H32N8O/c1-2-24-22-26-13-18-15-30(31,16-19-4-3-9-29(19)21(18)27-22)14-17-5-6-20(25-12-17)28-10-7-23-8-11-28/h5-6,12-13,19,23H,2-4,7-11,14-16H2,1H3,(H,24,26,27). The van der Waals surface area contributed by atoms with E-state index in [0.717, 1.165) is 74.9 Å². The molecule has 5 rings (SSSR count). The molecule has 0 bridgehead atoms. The largest absolute Gasteiger partial charge is 0.632 e. The maximum absolute atomic E-state index is 14.0. The smallest absolute Gasteiger partial charge is 0.224 e. The minimum atomic E-state index is -0.285. The summed E-state index contributed by atoms with van der Waals surface area (Å²) in [7, 11) is 0. The molecule has 2 saturated heterocycles. The van der Waals surface area contributed by atoms with Crippen LogP contribution in [0.25, 0.3) is 0 Å². The van der Waals surface area contributed by atoms with Crippen LogP contribution in [0.5, 0.6) is 0 Å². The van der Waals surface area contributed by atoms with Gasteiger partial charge in [-0.3, -0.25) is 0 Å². The molecule has 2 fully saturated rings. The second-order valence-electron chi connectivity index (χ2n) is 8.88. The van der Waals surface area contributed by atoms with Crippen molar-refractivity contribution < 1.29 is 4.65 Å². The van der Waals surface area contributed by atoms with Gasteiger partial charge in [0.15, 0.2) is 0 Å². The van der Waals surface area contributed by atoms with E-state index in [4.69, 9.17) is 4.98 Å². The SMILES string of the molecule is CCNc1ncc2c(n1)N1CCCC1C[N+]([O-])(Cc1ccc(N3CCNCC3)nc1)C2. The molecule has 9 nitrogen and oxygen atoms in total. The molecule has 5 heterocycles. The number of anilines is 3. The van der Waals surface area contributed by atoms with E-state index in [2.05, 4.69) is 42.5 Å². The van der Waals surface area contributed by atoms with E-state index in [1.54, 1.807) is 0 Å². The van der Waals surface area contributed by atoms with Crippen LogP contribution in [0.1, 0.15) is 30.9 Å². The first kappa shape index (κ1) is 20.4. The summed E-state index contributed by atoms with van der Waals surface area (Å²) in [4.78, 5) is 18.5. The Kier molecular flexibility index (Phi) is 5.64. The quantitative estimate of drug-likeness (QED) is 0.554. The lowest BCUT2D eigenvalue weighted by Gasteiger charge is -2.43. The maximum Gasteiger partial charge on any atom is 0.224 e. The highest BCUT2D eigenvalue weighted by Gasteiger charge is 2.38. The van der Waals surface area contributed by atoms with Gasteiger partial charge in [0.1, 0.15) is 24.7 Å². The summed E-state index contributed by atoms with van der Waals surface area (Å²) >= 11 is 0. The third-order valence-corrected chi connectivity index (χ3v) is 6.55. The van der Waals surface area contributed by atoms with Crippen molar-refractivity contribution in [3.63, 3.8) is 0 Å². The Bertz CT molecular complexity index is 901. The highest BCUT2D eigenvalue weighted by atomic mass is 16.5. The number of hydrogen-bond acceptors (Lipinski definition) is 8. The first-order valence-corrected chi connectivity index (χ1v) is 11.5. The van der Waals surface area contributed by atoms with E-state index in [-0.39, 0.29) is 10.7 Å². The zero-order valence-electron chi connectivity index (χ0n) is 18.3. The van der Waals surface area contributed by atoms with E-state index in [1.807, 2.05) is 19.3 Å². The zero-order valence-corrected chi connectivity index (χ0v) is 18.3. The van der Waals surface area contributed by atoms with Crippen LogP contribution >= 0.6 is 0 Å². The van der Waals surface area contributed by atoms with Crippen LogP contribution in [-0.4, -0.2) is 71.5 Å². The molecule has 0 aliphatic carbocycles. The molecule has 0 amide bonds. The predicted octanol–water partition coefficient (Wildman–Crippen LogP) is 1.71. The number of pyridine rings is 1. The van der Waals surface area contributed by atoms with Crippen molar-refractivity contribution in [3.8, 4) is 0 Å². The number of fused-ring (bicyclic) bond motifs is 3. The van der Waals surface area contributed by atoms with E-state index in [9.17, 15) is 5.21 Å². The molecule has 0 radical (unpaired) electrons. The van der Waals surface area contributed by atoms with E-state index in [1.165, 1.54) is 0 Å². The van der Waals surface area contributed by atoms with Gasteiger partial charge in [-0.15, -0.1) is 0 Å². The molecule has 31 heavy (non-hydrogen) atoms. The average molecular weight is 425 g/mol. The molecule has 0 aromatic carbocycles. The lowest BCUT2D eigenvalue weighted by molar-refractivity contribution is -0.907. The van der Waals surface area contributed by atoms with Crippen molar-refractivity contribution in [2.75, 3.05) is 60.9 Å². The highest BCUT2D eigenvalue weighted by Crippen LogP contribution is 2.35. The second kappa shape index (κ2) is 8.57. The van der Waals surface area contributed by atoms with Crippen LogP contribution in [0, 0.1) is 5.21 Å². The Labute approximate surface area is 183 Å². The predicted molar refractivity (Wildman–Crippen MR) is 122 cm³/mol. The third-order valence-electron chi connectivity index (χ3n) is 6.55. The molecule has 2 N–H and O–H groups in total. The van der Waals surface area contributed by atoms with Gasteiger partial charge < -0.3 is 30.3 Å². The lowest BCUT2D eigenvalue weighted by atomic mass is 10.1. The number of nitrogens with one attached hydrogen (secondary N) is 2. The number of aromatic nitrogens is 3. The van der Waals surface area contributed by atoms with Gasteiger partial charge in [0.2, 0.25) is 5.95 Å². The Morgan fingerprint density at radius 2 is 2.06 bits per heavy atom. The Morgan fingerprint density at radius 3 is 2.84 bits per heavy atom. The van der Waals surface area contributed by atoms with Crippen molar-refractivity contribution in [2.45, 2.75) is 38.9 Å². The number of hydroxylamine groups is 3. The van der Waals surface area contributed by atoms with Crippen LogP contribution < -0.4 is 20.4 Å². The Morgan fingerprint density at radius 1 is 1.19 bits per heavy atom. The fraction of sp³-hybridized carbons (Fsp3) is 0.591. The first-order chi connectivity index (χ1) is 15.1. The molecule has 0 spiro atoms. The summed E-state index contributed by atoms with van der Waals surface area (Å²) in [5.74, 6) is 2.58. The van der Waals surface area contributed by atoms with Gasteiger partial charge in [-0.2, -0.15) is 4.98 Å². The molecule has 2 atom stereocenters. The maximum atomic E-state index is 14.0. The molecule has 0 saturated carbocycles. The normalized spacial score (nSPS) is 25.7. The van der Waals surface area contributed by atoms with Gasteiger partial charge in [0, 0.05) is 57.2 Å². The lowest BCUT2D eigenvalue weighted by Crippen LogP contribution is -2.47. The summed E-state index contributed by atoms with van der Waals surface area (Å²) in [5, 5.41) is 20.6. The molecule has 2 unspecified atom stereocenters. The fourth-order valence-corrected chi connectivity index (χ4v) is 5.11. The van der Waals surface area contributed by atoms with Gasteiger partial charge in [0.25, 0.3) is 0 Å². The van der Waals surface area contributed by atoms with E-state index < -0.39 is 0 Å². The number of nitrogens with zero attached hydrogens (tertiary/aromatic N) is 6. The Balaban J connectivity index is 1.37. The van der Waals surface area contributed by atoms with Crippen LogP contribution in [0.4, 0.5) is 17.6 Å². The van der Waals surface area contributed by atoms with Crippen molar-refractivity contribution in [1.82, 2.24) is 20.3 Å². The van der Waals surface area contributed by atoms with Gasteiger partial charge in [-0.25, -0.2) is 9.97 Å². The molecule has 2 aromatic rings. The van der Waals surface area contributed by atoms with Gasteiger partial charge in [0.05, 0.1) is 18.2 Å². The first-order valence-electron chi connectivity index (χ1n) is 11.5. The Hall–Kier alpha value is -2.49. The second-order valence-corrected chi connectivity index (χ2v) is 8.88. The van der Waals surface area contributed by atoms with Gasteiger partial charge >= 0.3 is 0 Å². The van der Waals surface area contributed by atoms with E-state index in [0.29, 0.717) is 25.6 Å². The van der Waals surface area contributed by atoms with Crippen molar-refractivity contribution >= 4 is 17.6 Å². The van der Waals surface area contributed by atoms with Gasteiger partial charge in [-0.1, -0.05) is 0 Å². The van der Waals surface area contributed by atoms with Crippen LogP contribution in [0.2, 0.25) is 0 Å². The highest BCUT2D eigenvalue weighted by molar-refractivity contribution is 5.51. The van der Waals surface area contributed by atoms with E-state index >= 15 is 0 Å². The number of piperazine rings is 1. The topological polar surface area (TPSA) is 92.3 Å². The van der Waals surface area contributed by atoms with Crippen LogP contribution in [0.15, 0.2) is 24.5 Å². The third kappa shape index (κ3) is 4.30. The van der Waals surface area contributed by atoms with Crippen LogP contribution in [0.3, 0.4) is 0 Å². The summed E-state index contributed by atoms with van der Waals surface area (Å²) in [6.07, 6.45) is 5.88. The van der Waals surface area contributed by atoms with Gasteiger partial charge in [-0.05, 0) is 31.9 Å². The minimum Gasteiger partial charge on any atom is -0.632 e. The molecular weight excluding hydrogens is 392 g/mol. The summed E-state index contributed by atoms with van der Waals surface area (Å²) in [6.45, 7) is 9.08. The monoisotopic (exact) mass is 424 g/mol. The minimum absolute atomic E-state index is 0.233. The molecule has 2 aromatic heterocycles. The number of rotatable bonds is 5. The number of quaternary nitrogens is 1. The fourth-order valence-electron chi connectivity index (χ4n) is 5.11. The summed E-state index contributed by atoms with van der Waals surface area (Å²) in [5.41, 5.74) is 1.94. The zero-order chi connectivity index (χ0) is 21.3. The van der Waals surface area contributed by atoms with Crippen molar-refractivity contribution in [2.24, 2.45) is 0 Å². The summed E-state index contributed by atoms with van der Waals surface area (Å²) < 4.78 is -0.285. The molecule has 3 aliphatic heterocycles. The molecule has 3 aliphatic rings.